The summed E-state index contributed by atoms with van der Waals surface area (Å²) in [5, 5.41) is 5.96. The maximum absolute atomic E-state index is 4.49. The lowest BCUT2D eigenvalue weighted by molar-refractivity contribution is 0.414. The Hall–Kier alpha value is -1.13. The molecule has 2 aromatic rings. The summed E-state index contributed by atoms with van der Waals surface area (Å²) in [5.41, 5.74) is 0. The van der Waals surface area contributed by atoms with E-state index < -0.39 is 0 Å². The van der Waals surface area contributed by atoms with E-state index in [9.17, 15) is 0 Å². The number of likely N-dealkylation sites (tertiary alicyclic amines) is 1. The van der Waals surface area contributed by atoms with Crippen molar-refractivity contribution in [2.75, 3.05) is 25.5 Å². The standard InChI is InChI=1S/C14H16BrN3/c1-18-8-6-10(9-18)17-14-12-3-2-4-13(15)11(12)5-7-16-14/h2-5,7,10H,6,8-9H2,1H3,(H,16,17). The first-order chi connectivity index (χ1) is 8.74. The summed E-state index contributed by atoms with van der Waals surface area (Å²) in [6.45, 7) is 2.25. The van der Waals surface area contributed by atoms with Gasteiger partial charge in [0.05, 0.1) is 0 Å². The molecule has 3 rings (SSSR count). The topological polar surface area (TPSA) is 28.2 Å². The number of rotatable bonds is 2. The van der Waals surface area contributed by atoms with Gasteiger partial charge >= 0.3 is 0 Å². The van der Waals surface area contributed by atoms with Crippen LogP contribution in [-0.4, -0.2) is 36.1 Å². The normalized spacial score (nSPS) is 20.4. The zero-order chi connectivity index (χ0) is 12.5. The fraction of sp³-hybridized carbons (Fsp3) is 0.357. The van der Waals surface area contributed by atoms with E-state index in [4.69, 9.17) is 0 Å². The number of pyridine rings is 1. The molecule has 1 aliphatic rings. The summed E-state index contributed by atoms with van der Waals surface area (Å²) in [6.07, 6.45) is 3.05. The molecule has 1 fully saturated rings. The molecule has 3 nitrogen and oxygen atoms in total. The highest BCUT2D eigenvalue weighted by Crippen LogP contribution is 2.28. The zero-order valence-corrected chi connectivity index (χ0v) is 11.9. The van der Waals surface area contributed by atoms with E-state index in [1.807, 2.05) is 12.3 Å². The third-order valence-electron chi connectivity index (χ3n) is 3.49. The SMILES string of the molecule is CN1CCC(Nc2nccc3c(Br)cccc23)C1. The predicted octanol–water partition coefficient (Wildman–Crippen LogP) is 3.11. The number of anilines is 1. The van der Waals surface area contributed by atoms with Crippen molar-refractivity contribution in [3.63, 3.8) is 0 Å². The lowest BCUT2D eigenvalue weighted by atomic mass is 10.1. The van der Waals surface area contributed by atoms with Gasteiger partial charge in [-0.2, -0.15) is 0 Å². The van der Waals surface area contributed by atoms with Gasteiger partial charge in [-0.1, -0.05) is 28.1 Å². The molecule has 0 bridgehead atoms. The third-order valence-corrected chi connectivity index (χ3v) is 4.18. The number of nitrogens with one attached hydrogen (secondary N) is 1. The second kappa shape index (κ2) is 4.86. The third kappa shape index (κ3) is 2.22. The molecular formula is C14H16BrN3. The van der Waals surface area contributed by atoms with Gasteiger partial charge in [-0.15, -0.1) is 0 Å². The number of hydrogen-bond acceptors (Lipinski definition) is 3. The molecule has 1 aromatic carbocycles. The summed E-state index contributed by atoms with van der Waals surface area (Å²) < 4.78 is 1.12. The Morgan fingerprint density at radius 3 is 3.00 bits per heavy atom. The molecule has 0 radical (unpaired) electrons. The highest BCUT2D eigenvalue weighted by atomic mass is 79.9. The van der Waals surface area contributed by atoms with Crippen molar-refractivity contribution < 1.29 is 0 Å². The van der Waals surface area contributed by atoms with Gasteiger partial charge in [-0.25, -0.2) is 4.98 Å². The Bertz CT molecular complexity index is 570. The minimum atomic E-state index is 0.507. The van der Waals surface area contributed by atoms with E-state index in [2.05, 4.69) is 56.4 Å². The van der Waals surface area contributed by atoms with Gasteiger partial charge in [0, 0.05) is 34.0 Å². The smallest absolute Gasteiger partial charge is 0.134 e. The van der Waals surface area contributed by atoms with Crippen LogP contribution in [0.25, 0.3) is 10.8 Å². The highest BCUT2D eigenvalue weighted by molar-refractivity contribution is 9.10. The molecule has 2 heterocycles. The molecule has 1 unspecified atom stereocenters. The fourth-order valence-corrected chi connectivity index (χ4v) is 3.03. The molecule has 0 spiro atoms. The van der Waals surface area contributed by atoms with Crippen molar-refractivity contribution in [2.45, 2.75) is 12.5 Å². The van der Waals surface area contributed by atoms with Crippen molar-refractivity contribution in [3.8, 4) is 0 Å². The van der Waals surface area contributed by atoms with Crippen LogP contribution in [0.1, 0.15) is 6.42 Å². The molecule has 1 N–H and O–H groups in total. The molecule has 1 aromatic heterocycles. The Balaban J connectivity index is 1.94. The molecule has 0 saturated carbocycles. The van der Waals surface area contributed by atoms with E-state index in [-0.39, 0.29) is 0 Å². The van der Waals surface area contributed by atoms with Crippen LogP contribution < -0.4 is 5.32 Å². The number of nitrogens with zero attached hydrogens (tertiary/aromatic N) is 2. The van der Waals surface area contributed by atoms with Crippen molar-refractivity contribution in [2.24, 2.45) is 0 Å². The monoisotopic (exact) mass is 305 g/mol. The average Bonchev–Trinajstić information content (AvgIpc) is 2.76. The van der Waals surface area contributed by atoms with Crippen LogP contribution in [0.15, 0.2) is 34.9 Å². The number of likely N-dealkylation sites (N-methyl/N-ethyl adjacent to an activating group) is 1. The van der Waals surface area contributed by atoms with Gasteiger partial charge in [0.2, 0.25) is 0 Å². The minimum absolute atomic E-state index is 0.507. The Kier molecular flexibility index (Phi) is 3.22. The number of hydrogen-bond donors (Lipinski definition) is 1. The first-order valence-corrected chi connectivity index (χ1v) is 7.01. The minimum Gasteiger partial charge on any atom is -0.365 e. The van der Waals surface area contributed by atoms with Gasteiger partial charge in [0.25, 0.3) is 0 Å². The van der Waals surface area contributed by atoms with Gasteiger partial charge in [-0.05, 0) is 32.1 Å². The lowest BCUT2D eigenvalue weighted by Crippen LogP contribution is -2.24. The maximum Gasteiger partial charge on any atom is 0.134 e. The Morgan fingerprint density at radius 1 is 1.33 bits per heavy atom. The van der Waals surface area contributed by atoms with Gasteiger partial charge in [0.15, 0.2) is 0 Å². The van der Waals surface area contributed by atoms with Gasteiger partial charge in [-0.3, -0.25) is 0 Å². The first-order valence-electron chi connectivity index (χ1n) is 6.22. The number of halogens is 1. The quantitative estimate of drug-likeness (QED) is 0.924. The summed E-state index contributed by atoms with van der Waals surface area (Å²) in [7, 11) is 2.16. The molecule has 1 atom stereocenters. The number of benzene rings is 1. The van der Waals surface area contributed by atoms with Crippen LogP contribution in [0, 0.1) is 0 Å². The molecule has 94 valence electrons. The first kappa shape index (κ1) is 11.9. The van der Waals surface area contributed by atoms with E-state index in [1.54, 1.807) is 0 Å². The second-order valence-corrected chi connectivity index (χ2v) is 5.74. The van der Waals surface area contributed by atoms with E-state index in [0.717, 1.165) is 23.4 Å². The summed E-state index contributed by atoms with van der Waals surface area (Å²) >= 11 is 3.59. The van der Waals surface area contributed by atoms with Crippen LogP contribution in [-0.2, 0) is 0 Å². The molecule has 18 heavy (non-hydrogen) atoms. The van der Waals surface area contributed by atoms with Crippen molar-refractivity contribution >= 4 is 32.5 Å². The van der Waals surface area contributed by atoms with Crippen LogP contribution in [0.2, 0.25) is 0 Å². The van der Waals surface area contributed by atoms with E-state index in [1.165, 1.54) is 17.2 Å². The Morgan fingerprint density at radius 2 is 2.22 bits per heavy atom. The molecule has 1 saturated heterocycles. The number of fused-ring (bicyclic) bond motifs is 1. The fourth-order valence-electron chi connectivity index (χ4n) is 2.53. The van der Waals surface area contributed by atoms with Gasteiger partial charge in [0.1, 0.15) is 5.82 Å². The molecular weight excluding hydrogens is 290 g/mol. The number of aromatic nitrogens is 1. The summed E-state index contributed by atoms with van der Waals surface area (Å²) in [4.78, 5) is 6.83. The molecule has 0 amide bonds. The summed E-state index contributed by atoms with van der Waals surface area (Å²) in [6, 6.07) is 8.79. The zero-order valence-electron chi connectivity index (χ0n) is 10.4. The largest absolute Gasteiger partial charge is 0.365 e. The molecule has 1 aliphatic heterocycles. The molecule has 4 heteroatoms. The maximum atomic E-state index is 4.49. The lowest BCUT2D eigenvalue weighted by Gasteiger charge is -2.15. The van der Waals surface area contributed by atoms with Crippen molar-refractivity contribution in [1.82, 2.24) is 9.88 Å². The average molecular weight is 306 g/mol. The van der Waals surface area contributed by atoms with Crippen molar-refractivity contribution in [1.29, 1.82) is 0 Å². The van der Waals surface area contributed by atoms with Gasteiger partial charge < -0.3 is 10.2 Å². The second-order valence-electron chi connectivity index (χ2n) is 4.89. The predicted molar refractivity (Wildman–Crippen MR) is 79.0 cm³/mol. The summed E-state index contributed by atoms with van der Waals surface area (Å²) in [5.74, 6) is 0.995. The van der Waals surface area contributed by atoms with Crippen LogP contribution >= 0.6 is 15.9 Å². The van der Waals surface area contributed by atoms with E-state index >= 15 is 0 Å². The van der Waals surface area contributed by atoms with Crippen LogP contribution in [0.5, 0.6) is 0 Å². The van der Waals surface area contributed by atoms with Crippen LogP contribution in [0.4, 0.5) is 5.82 Å². The van der Waals surface area contributed by atoms with Crippen LogP contribution in [0.3, 0.4) is 0 Å². The highest BCUT2D eigenvalue weighted by Gasteiger charge is 2.20. The Labute approximate surface area is 115 Å². The molecule has 0 aliphatic carbocycles. The van der Waals surface area contributed by atoms with E-state index in [0.29, 0.717) is 6.04 Å². The van der Waals surface area contributed by atoms with Crippen molar-refractivity contribution in [3.05, 3.63) is 34.9 Å².